The number of carbonyl (C=O) groups is 3. The van der Waals surface area contributed by atoms with Crippen molar-refractivity contribution in [3.05, 3.63) is 54.1 Å². The quantitative estimate of drug-likeness (QED) is 0.425. The van der Waals surface area contributed by atoms with Crippen molar-refractivity contribution in [1.82, 2.24) is 14.7 Å². The Morgan fingerprint density at radius 2 is 1.53 bits per heavy atom. The Balaban J connectivity index is 1.10. The molecule has 1 aromatic rings. The van der Waals surface area contributed by atoms with Crippen LogP contribution in [-0.4, -0.2) is 71.7 Å². The summed E-state index contributed by atoms with van der Waals surface area (Å²) in [5.41, 5.74) is 1.01. The lowest BCUT2D eigenvalue weighted by Crippen LogP contribution is -2.50. The first kappa shape index (κ1) is 19.2. The molecule has 2 aliphatic carbocycles. The van der Waals surface area contributed by atoms with E-state index in [0.29, 0.717) is 26.2 Å². The van der Waals surface area contributed by atoms with Gasteiger partial charge in [0, 0.05) is 45.3 Å². The highest BCUT2D eigenvalue weighted by molar-refractivity contribution is 6.06. The van der Waals surface area contributed by atoms with Crippen LogP contribution in [-0.2, 0) is 14.4 Å². The molecule has 2 bridgehead atoms. The van der Waals surface area contributed by atoms with Gasteiger partial charge in [0.05, 0.1) is 11.8 Å². The van der Waals surface area contributed by atoms with Gasteiger partial charge in [-0.2, -0.15) is 0 Å². The Morgan fingerprint density at radius 1 is 0.900 bits per heavy atom. The molecular formula is C24H27N3O3. The lowest BCUT2D eigenvalue weighted by molar-refractivity contribution is -0.141. The molecule has 2 saturated heterocycles. The number of hydrogen-bond acceptors (Lipinski definition) is 4. The summed E-state index contributed by atoms with van der Waals surface area (Å²) in [4.78, 5) is 43.6. The van der Waals surface area contributed by atoms with Crippen LogP contribution in [0.2, 0.25) is 0 Å². The van der Waals surface area contributed by atoms with E-state index in [-0.39, 0.29) is 41.4 Å². The van der Waals surface area contributed by atoms with E-state index in [1.165, 1.54) is 4.90 Å². The van der Waals surface area contributed by atoms with E-state index in [1.807, 2.05) is 41.3 Å². The van der Waals surface area contributed by atoms with E-state index in [1.54, 1.807) is 6.08 Å². The minimum Gasteiger partial charge on any atom is -0.337 e. The van der Waals surface area contributed by atoms with Gasteiger partial charge in [-0.3, -0.25) is 24.2 Å². The predicted molar refractivity (Wildman–Crippen MR) is 113 cm³/mol. The number of rotatable bonds is 5. The zero-order valence-electron chi connectivity index (χ0n) is 17.0. The molecule has 3 amide bonds. The number of fused-ring (bicyclic) bond motifs is 5. The number of nitrogens with zero attached hydrogens (tertiary/aromatic N) is 3. The molecule has 0 spiro atoms. The second kappa shape index (κ2) is 7.84. The van der Waals surface area contributed by atoms with Crippen molar-refractivity contribution in [3.8, 4) is 0 Å². The minimum absolute atomic E-state index is 0.0270. The number of carbonyl (C=O) groups excluding carboxylic acids is 3. The molecule has 4 atom stereocenters. The van der Waals surface area contributed by atoms with Crippen molar-refractivity contribution < 1.29 is 14.4 Å². The van der Waals surface area contributed by atoms with Crippen molar-refractivity contribution >= 4 is 23.8 Å². The van der Waals surface area contributed by atoms with Gasteiger partial charge >= 0.3 is 0 Å². The summed E-state index contributed by atoms with van der Waals surface area (Å²) in [6.45, 7) is 4.01. The molecule has 0 aromatic heterocycles. The fourth-order valence-corrected chi connectivity index (χ4v) is 5.45. The molecule has 0 radical (unpaired) electrons. The Kier molecular flexibility index (Phi) is 5.03. The van der Waals surface area contributed by atoms with Gasteiger partial charge in [-0.1, -0.05) is 42.5 Å². The Hall–Kier alpha value is -2.73. The van der Waals surface area contributed by atoms with E-state index >= 15 is 0 Å². The van der Waals surface area contributed by atoms with Gasteiger partial charge in [0.2, 0.25) is 17.7 Å². The first-order chi connectivity index (χ1) is 14.6. The summed E-state index contributed by atoms with van der Waals surface area (Å²) < 4.78 is 0. The fraction of sp³-hybridized carbons (Fsp3) is 0.458. The van der Waals surface area contributed by atoms with Crippen molar-refractivity contribution in [2.24, 2.45) is 23.7 Å². The number of likely N-dealkylation sites (tertiary alicyclic amines) is 1. The molecule has 6 heteroatoms. The molecule has 30 heavy (non-hydrogen) atoms. The molecule has 0 N–H and O–H groups in total. The molecule has 156 valence electrons. The maximum absolute atomic E-state index is 12.8. The van der Waals surface area contributed by atoms with E-state index in [0.717, 1.165) is 25.1 Å². The topological polar surface area (TPSA) is 60.9 Å². The minimum atomic E-state index is -0.113. The van der Waals surface area contributed by atoms with E-state index < -0.39 is 0 Å². The largest absolute Gasteiger partial charge is 0.337 e. The smallest absolute Gasteiger partial charge is 0.246 e. The monoisotopic (exact) mass is 405 g/mol. The molecule has 1 saturated carbocycles. The summed E-state index contributed by atoms with van der Waals surface area (Å²) in [6, 6.07) is 9.80. The highest BCUT2D eigenvalue weighted by Gasteiger charge is 2.59. The molecule has 0 unspecified atom stereocenters. The average Bonchev–Trinajstić information content (AvgIpc) is 3.46. The molecule has 6 nitrogen and oxygen atoms in total. The van der Waals surface area contributed by atoms with Crippen LogP contribution < -0.4 is 0 Å². The highest BCUT2D eigenvalue weighted by atomic mass is 16.2. The number of piperazine rings is 1. The lowest BCUT2D eigenvalue weighted by atomic mass is 9.85. The zero-order valence-corrected chi connectivity index (χ0v) is 17.0. The molecule has 1 aromatic carbocycles. The third-order valence-electron chi connectivity index (χ3n) is 7.10. The molecule has 2 aliphatic heterocycles. The average molecular weight is 405 g/mol. The van der Waals surface area contributed by atoms with Gasteiger partial charge in [0.25, 0.3) is 0 Å². The van der Waals surface area contributed by atoms with Gasteiger partial charge in [-0.25, -0.2) is 0 Å². The zero-order chi connectivity index (χ0) is 20.7. The summed E-state index contributed by atoms with van der Waals surface area (Å²) in [7, 11) is 0. The Bertz CT molecular complexity index is 872. The maximum atomic E-state index is 12.8. The maximum Gasteiger partial charge on any atom is 0.246 e. The molecule has 3 fully saturated rings. The fourth-order valence-electron chi connectivity index (χ4n) is 5.45. The summed E-state index contributed by atoms with van der Waals surface area (Å²) in [5.74, 6) is 0.388. The van der Waals surface area contributed by atoms with Crippen molar-refractivity contribution in [2.75, 3.05) is 39.3 Å². The summed E-state index contributed by atoms with van der Waals surface area (Å²) in [6.07, 6.45) is 8.70. The van der Waals surface area contributed by atoms with Crippen molar-refractivity contribution in [1.29, 1.82) is 0 Å². The lowest BCUT2D eigenvalue weighted by Gasteiger charge is -2.34. The van der Waals surface area contributed by atoms with Gasteiger partial charge < -0.3 is 4.90 Å². The van der Waals surface area contributed by atoms with E-state index in [4.69, 9.17) is 0 Å². The van der Waals surface area contributed by atoms with Crippen LogP contribution in [0, 0.1) is 23.7 Å². The second-order valence-corrected chi connectivity index (χ2v) is 8.74. The SMILES string of the molecule is O=C(/C=C/c1ccccc1)N1CCN(CCN2C(=O)[C@H]3[C@H](C2=O)[C@H]2C=C[C@H]3C2)CC1. The molecule has 2 heterocycles. The van der Waals surface area contributed by atoms with Crippen molar-refractivity contribution in [2.45, 2.75) is 6.42 Å². The molecule has 4 aliphatic rings. The summed E-state index contributed by atoms with van der Waals surface area (Å²) in [5, 5.41) is 0. The first-order valence-electron chi connectivity index (χ1n) is 10.9. The molecular weight excluding hydrogens is 378 g/mol. The highest BCUT2D eigenvalue weighted by Crippen LogP contribution is 2.52. The van der Waals surface area contributed by atoms with E-state index in [9.17, 15) is 14.4 Å². The predicted octanol–water partition coefficient (Wildman–Crippen LogP) is 1.65. The van der Waals surface area contributed by atoms with Crippen LogP contribution in [0.1, 0.15) is 12.0 Å². The Morgan fingerprint density at radius 3 is 2.17 bits per heavy atom. The third kappa shape index (κ3) is 3.39. The standard InChI is InChI=1S/C24H27N3O3/c28-20(9-6-17-4-2-1-3-5-17)26-13-10-25(11-14-26)12-15-27-23(29)21-18-7-8-19(16-18)22(21)24(27)30/h1-9,18-19,21-22H,10-16H2/b9-6+/t18-,19-,21+,22+/m0/s1. The summed E-state index contributed by atoms with van der Waals surface area (Å²) >= 11 is 0. The van der Waals surface area contributed by atoms with Gasteiger partial charge in [-0.15, -0.1) is 0 Å². The van der Waals surface area contributed by atoms with Gasteiger partial charge in [0.15, 0.2) is 0 Å². The third-order valence-corrected chi connectivity index (χ3v) is 7.10. The van der Waals surface area contributed by atoms with Crippen LogP contribution >= 0.6 is 0 Å². The van der Waals surface area contributed by atoms with Crippen LogP contribution in [0.15, 0.2) is 48.6 Å². The molecule has 5 rings (SSSR count). The number of imide groups is 1. The number of benzene rings is 1. The van der Waals surface area contributed by atoms with Crippen LogP contribution in [0.5, 0.6) is 0 Å². The Labute approximate surface area is 176 Å². The van der Waals surface area contributed by atoms with Crippen LogP contribution in [0.25, 0.3) is 6.08 Å². The van der Waals surface area contributed by atoms with Crippen LogP contribution in [0.3, 0.4) is 0 Å². The normalized spacial score (nSPS) is 30.7. The number of hydrogen-bond donors (Lipinski definition) is 0. The first-order valence-corrected chi connectivity index (χ1v) is 10.9. The van der Waals surface area contributed by atoms with E-state index in [2.05, 4.69) is 17.1 Å². The number of allylic oxidation sites excluding steroid dienone is 2. The van der Waals surface area contributed by atoms with Gasteiger partial charge in [-0.05, 0) is 29.9 Å². The van der Waals surface area contributed by atoms with Gasteiger partial charge in [0.1, 0.15) is 0 Å². The van der Waals surface area contributed by atoms with Crippen molar-refractivity contribution in [3.63, 3.8) is 0 Å². The van der Waals surface area contributed by atoms with Crippen LogP contribution in [0.4, 0.5) is 0 Å². The second-order valence-electron chi connectivity index (χ2n) is 8.74. The number of amides is 3.